The molecule has 2 aromatic carbocycles. The van der Waals surface area contributed by atoms with Gasteiger partial charge < -0.3 is 20.1 Å². The second-order valence-electron chi connectivity index (χ2n) is 10.1. The molecule has 4 rings (SSSR count). The highest BCUT2D eigenvalue weighted by atomic mass is 16.5. The zero-order valence-corrected chi connectivity index (χ0v) is 20.4. The average Bonchev–Trinajstić information content (AvgIpc) is 3.12. The number of hydrogen-bond acceptors (Lipinski definition) is 4. The van der Waals surface area contributed by atoms with Crippen molar-refractivity contribution in [1.82, 2.24) is 10.2 Å². The van der Waals surface area contributed by atoms with Crippen LogP contribution in [0.2, 0.25) is 0 Å². The van der Waals surface area contributed by atoms with Crippen LogP contribution in [0.3, 0.4) is 0 Å². The van der Waals surface area contributed by atoms with Crippen LogP contribution >= 0.6 is 0 Å². The average molecular weight is 479 g/mol. The number of amides is 2. The van der Waals surface area contributed by atoms with Crippen molar-refractivity contribution in [3.8, 4) is 11.1 Å². The summed E-state index contributed by atoms with van der Waals surface area (Å²) in [7, 11) is 0. The van der Waals surface area contributed by atoms with Crippen LogP contribution in [0.15, 0.2) is 48.5 Å². The van der Waals surface area contributed by atoms with Crippen molar-refractivity contribution in [1.29, 1.82) is 0 Å². The lowest BCUT2D eigenvalue weighted by Gasteiger charge is -2.41. The summed E-state index contributed by atoms with van der Waals surface area (Å²) < 4.78 is 5.62. The lowest BCUT2D eigenvalue weighted by Crippen LogP contribution is -2.53. The summed E-state index contributed by atoms with van der Waals surface area (Å²) in [6.07, 6.45) is 0.868. The predicted molar refractivity (Wildman–Crippen MR) is 133 cm³/mol. The fraction of sp³-hybridized carbons (Fsp3) is 0.464. The van der Waals surface area contributed by atoms with Crippen LogP contribution < -0.4 is 5.32 Å². The Hall–Kier alpha value is -3.35. The van der Waals surface area contributed by atoms with Crippen molar-refractivity contribution in [3.63, 3.8) is 0 Å². The van der Waals surface area contributed by atoms with Gasteiger partial charge in [-0.05, 0) is 46.9 Å². The quantitative estimate of drug-likeness (QED) is 0.524. The minimum atomic E-state index is -0.806. The summed E-state index contributed by atoms with van der Waals surface area (Å²) in [5, 5.41) is 11.7. The summed E-state index contributed by atoms with van der Waals surface area (Å²) in [5.74, 6) is -0.577. The third-order valence-corrected chi connectivity index (χ3v) is 6.98. The molecule has 0 bridgehead atoms. The van der Waals surface area contributed by atoms with Crippen LogP contribution in [0.4, 0.5) is 4.79 Å². The molecule has 0 aromatic heterocycles. The molecule has 1 aliphatic carbocycles. The van der Waals surface area contributed by atoms with Crippen molar-refractivity contribution in [2.24, 2.45) is 17.8 Å². The number of benzene rings is 2. The van der Waals surface area contributed by atoms with Crippen molar-refractivity contribution >= 4 is 18.0 Å². The number of carbonyl (C=O) groups is 3. The Balaban J connectivity index is 1.29. The van der Waals surface area contributed by atoms with Gasteiger partial charge in [-0.2, -0.15) is 0 Å². The first-order valence-electron chi connectivity index (χ1n) is 12.4. The van der Waals surface area contributed by atoms with E-state index in [-0.39, 0.29) is 43.2 Å². The number of likely N-dealkylation sites (tertiary alicyclic amines) is 1. The van der Waals surface area contributed by atoms with Gasteiger partial charge in [-0.3, -0.25) is 9.59 Å². The molecule has 0 radical (unpaired) electrons. The smallest absolute Gasteiger partial charge is 0.407 e. The maximum absolute atomic E-state index is 13.0. The first-order valence-corrected chi connectivity index (χ1v) is 12.4. The molecule has 1 heterocycles. The molecule has 35 heavy (non-hydrogen) atoms. The molecule has 7 heteroatoms. The first kappa shape index (κ1) is 24.8. The molecule has 186 valence electrons. The van der Waals surface area contributed by atoms with Crippen LogP contribution in [0, 0.1) is 17.8 Å². The van der Waals surface area contributed by atoms with Gasteiger partial charge in [0.15, 0.2) is 0 Å². The van der Waals surface area contributed by atoms with Crippen LogP contribution in [0.25, 0.3) is 11.1 Å². The Bertz CT molecular complexity index is 1030. The molecular weight excluding hydrogens is 444 g/mol. The molecule has 1 saturated heterocycles. The molecule has 7 nitrogen and oxygen atoms in total. The van der Waals surface area contributed by atoms with E-state index in [2.05, 4.69) is 43.4 Å². The number of hydrogen-bond donors (Lipinski definition) is 2. The molecular formula is C28H34N2O5. The largest absolute Gasteiger partial charge is 0.481 e. The van der Waals surface area contributed by atoms with E-state index >= 15 is 0 Å². The van der Waals surface area contributed by atoms with Gasteiger partial charge in [0.2, 0.25) is 5.91 Å². The molecule has 0 spiro atoms. The van der Waals surface area contributed by atoms with Gasteiger partial charge >= 0.3 is 12.1 Å². The number of nitrogens with one attached hydrogen (secondary N) is 1. The fourth-order valence-electron chi connectivity index (χ4n) is 5.21. The van der Waals surface area contributed by atoms with E-state index in [4.69, 9.17) is 9.84 Å². The van der Waals surface area contributed by atoms with E-state index < -0.39 is 12.1 Å². The SMILES string of the molecule is CC(C)CC(CNC(=O)OCC1c2ccccc2-c2ccccc21)C(=O)N1CC(CCC(=O)O)C1. The Morgan fingerprint density at radius 3 is 2.20 bits per heavy atom. The molecule has 1 unspecified atom stereocenters. The summed E-state index contributed by atoms with van der Waals surface area (Å²) in [5.41, 5.74) is 4.67. The number of alkyl carbamates (subject to hydrolysis) is 1. The molecule has 2 aromatic rings. The van der Waals surface area contributed by atoms with Crippen molar-refractivity contribution in [3.05, 3.63) is 59.7 Å². The molecule has 2 aliphatic rings. The molecule has 1 fully saturated rings. The number of carbonyl (C=O) groups excluding carboxylic acids is 2. The predicted octanol–water partition coefficient (Wildman–Crippen LogP) is 4.51. The van der Waals surface area contributed by atoms with Crippen LogP contribution in [0.1, 0.15) is 50.2 Å². The Kier molecular flexibility index (Phi) is 7.73. The number of carboxylic acid groups (broad SMARTS) is 1. The Labute approximate surface area is 206 Å². The van der Waals surface area contributed by atoms with Crippen molar-refractivity contribution in [2.45, 2.75) is 39.0 Å². The topological polar surface area (TPSA) is 95.9 Å². The molecule has 1 aliphatic heterocycles. The Morgan fingerprint density at radius 2 is 1.63 bits per heavy atom. The maximum atomic E-state index is 13.0. The minimum absolute atomic E-state index is 0.00920. The summed E-state index contributed by atoms with van der Waals surface area (Å²) in [6, 6.07) is 16.4. The lowest BCUT2D eigenvalue weighted by atomic mass is 9.90. The lowest BCUT2D eigenvalue weighted by molar-refractivity contribution is -0.143. The molecule has 2 N–H and O–H groups in total. The van der Waals surface area contributed by atoms with E-state index in [1.165, 1.54) is 11.1 Å². The molecule has 1 atom stereocenters. The van der Waals surface area contributed by atoms with Gasteiger partial charge in [0.1, 0.15) is 6.61 Å². The third kappa shape index (κ3) is 5.84. The maximum Gasteiger partial charge on any atom is 0.407 e. The third-order valence-electron chi connectivity index (χ3n) is 6.98. The normalized spacial score (nSPS) is 15.8. The van der Waals surface area contributed by atoms with E-state index in [0.29, 0.717) is 31.8 Å². The number of fused-ring (bicyclic) bond motifs is 3. The highest BCUT2D eigenvalue weighted by Gasteiger charge is 2.35. The summed E-state index contributed by atoms with van der Waals surface area (Å²) in [6.45, 7) is 5.75. The molecule has 0 saturated carbocycles. The van der Waals surface area contributed by atoms with Crippen LogP contribution in [-0.4, -0.2) is 54.2 Å². The number of rotatable bonds is 10. The second-order valence-corrected chi connectivity index (χ2v) is 10.1. The van der Waals surface area contributed by atoms with Gasteiger partial charge in [-0.15, -0.1) is 0 Å². The van der Waals surface area contributed by atoms with Gasteiger partial charge in [0.25, 0.3) is 0 Å². The summed E-state index contributed by atoms with van der Waals surface area (Å²) >= 11 is 0. The van der Waals surface area contributed by atoms with Gasteiger partial charge in [0.05, 0.1) is 5.92 Å². The van der Waals surface area contributed by atoms with E-state index in [0.717, 1.165) is 11.1 Å². The Morgan fingerprint density at radius 1 is 1.03 bits per heavy atom. The number of carboxylic acids is 1. The number of ether oxygens (including phenoxy) is 1. The van der Waals surface area contributed by atoms with Crippen LogP contribution in [0.5, 0.6) is 0 Å². The first-order chi connectivity index (χ1) is 16.8. The highest BCUT2D eigenvalue weighted by Crippen LogP contribution is 2.44. The zero-order valence-electron chi connectivity index (χ0n) is 20.4. The zero-order chi connectivity index (χ0) is 24.9. The van der Waals surface area contributed by atoms with Crippen LogP contribution in [-0.2, 0) is 14.3 Å². The molecule has 2 amide bonds. The summed E-state index contributed by atoms with van der Waals surface area (Å²) in [4.78, 5) is 38.1. The van der Waals surface area contributed by atoms with Crippen molar-refractivity contribution in [2.75, 3.05) is 26.2 Å². The fourth-order valence-corrected chi connectivity index (χ4v) is 5.21. The van der Waals surface area contributed by atoms with E-state index in [9.17, 15) is 14.4 Å². The second kappa shape index (κ2) is 10.9. The van der Waals surface area contributed by atoms with Gasteiger partial charge in [0, 0.05) is 32.0 Å². The van der Waals surface area contributed by atoms with Gasteiger partial charge in [-0.25, -0.2) is 4.79 Å². The van der Waals surface area contributed by atoms with Crippen molar-refractivity contribution < 1.29 is 24.2 Å². The minimum Gasteiger partial charge on any atom is -0.481 e. The highest BCUT2D eigenvalue weighted by molar-refractivity contribution is 5.81. The monoisotopic (exact) mass is 478 g/mol. The van der Waals surface area contributed by atoms with E-state index in [1.807, 2.05) is 24.3 Å². The van der Waals surface area contributed by atoms with Gasteiger partial charge in [-0.1, -0.05) is 62.4 Å². The number of aliphatic carboxylic acids is 1. The number of nitrogens with zero attached hydrogens (tertiary/aromatic N) is 1. The standard InChI is InChI=1S/C28H34N2O5/c1-18(2)13-20(27(33)30-15-19(16-30)11-12-26(31)32)14-29-28(34)35-17-25-23-9-5-3-7-21(23)22-8-4-6-10-24(22)25/h3-10,18-20,25H,11-17H2,1-2H3,(H,29,34)(H,31,32). The van der Waals surface area contributed by atoms with E-state index in [1.54, 1.807) is 4.90 Å².